The molecule has 0 radical (unpaired) electrons. The van der Waals surface area contributed by atoms with Crippen LogP contribution in [0.25, 0.3) is 21.4 Å². The number of halogens is 5. The third-order valence-corrected chi connectivity index (χ3v) is 6.46. The molecule has 0 atom stereocenters. The third-order valence-electron chi connectivity index (χ3n) is 3.42. The Labute approximate surface area is 149 Å². The molecule has 26 heavy (non-hydrogen) atoms. The molecule has 0 aliphatic carbocycles. The van der Waals surface area contributed by atoms with Crippen molar-refractivity contribution in [3.8, 4) is 21.4 Å². The van der Waals surface area contributed by atoms with Crippen LogP contribution in [0.5, 0.6) is 0 Å². The predicted molar refractivity (Wildman–Crippen MR) is 90.1 cm³/mol. The number of nitrogens with zero attached hydrogens (tertiary/aromatic N) is 2. The summed E-state index contributed by atoms with van der Waals surface area (Å²) >= 11 is -0.298. The van der Waals surface area contributed by atoms with Crippen LogP contribution in [0.3, 0.4) is 0 Å². The van der Waals surface area contributed by atoms with Crippen LogP contribution in [-0.4, -0.2) is 24.4 Å². The van der Waals surface area contributed by atoms with Crippen molar-refractivity contribution < 1.29 is 24.4 Å². The van der Waals surface area contributed by atoms with Gasteiger partial charge in [0.2, 0.25) is 0 Å². The van der Waals surface area contributed by atoms with Gasteiger partial charge in [0, 0.05) is 0 Å². The van der Waals surface area contributed by atoms with E-state index in [1.165, 1.54) is 24.3 Å². The van der Waals surface area contributed by atoms with E-state index >= 15 is 0 Å². The SMILES string of the molecule is O=[N+]([O-])c1ccc(-c2c[se]c(-c3ccc(S(F)(F)(F)(F)F)cc3)n2)cc1. The standard InChI is InChI=1S/C15H9F5N2O2SSe/c16-25(17,18,19,20)13-7-3-11(4-8-13)15-21-14(9-26-15)10-1-5-12(6-2-10)22(23)24/h1-9H. The van der Waals surface area contributed by atoms with Gasteiger partial charge in [-0.15, -0.1) is 0 Å². The summed E-state index contributed by atoms with van der Waals surface area (Å²) in [5.41, 5.74) is 1.40. The maximum absolute atomic E-state index is 12.7. The summed E-state index contributed by atoms with van der Waals surface area (Å²) < 4.78 is 64.2. The number of hydrogen-bond donors (Lipinski definition) is 0. The first-order valence-corrected chi connectivity index (χ1v) is 10.7. The molecule has 0 saturated heterocycles. The Hall–Kier alpha value is -2.23. The van der Waals surface area contributed by atoms with E-state index in [0.29, 0.717) is 33.5 Å². The van der Waals surface area contributed by atoms with Crippen molar-refractivity contribution in [1.82, 2.24) is 4.98 Å². The Morgan fingerprint density at radius 3 is 1.92 bits per heavy atom. The zero-order valence-corrected chi connectivity index (χ0v) is 15.1. The van der Waals surface area contributed by atoms with Crippen molar-refractivity contribution in [1.29, 1.82) is 0 Å². The monoisotopic (exact) mass is 456 g/mol. The van der Waals surface area contributed by atoms with Gasteiger partial charge in [-0.05, 0) is 0 Å². The van der Waals surface area contributed by atoms with Gasteiger partial charge in [-0.2, -0.15) is 0 Å². The van der Waals surface area contributed by atoms with Crippen molar-refractivity contribution in [3.05, 3.63) is 63.6 Å². The molecule has 0 bridgehead atoms. The number of nitro groups is 1. The molecule has 3 aromatic rings. The number of non-ortho nitro benzene ring substituents is 1. The molecule has 138 valence electrons. The van der Waals surface area contributed by atoms with Crippen molar-refractivity contribution in [2.45, 2.75) is 4.90 Å². The van der Waals surface area contributed by atoms with E-state index < -0.39 is 20.0 Å². The summed E-state index contributed by atoms with van der Waals surface area (Å²) in [5.74, 6) is 0. The Morgan fingerprint density at radius 1 is 0.885 bits per heavy atom. The average molecular weight is 455 g/mol. The van der Waals surface area contributed by atoms with E-state index in [0.717, 1.165) is 12.1 Å². The normalized spacial score (nSPS) is 14.5. The maximum atomic E-state index is 12.7. The van der Waals surface area contributed by atoms with Crippen LogP contribution in [0.1, 0.15) is 0 Å². The van der Waals surface area contributed by atoms with Crippen LogP contribution < -0.4 is 0 Å². The molecule has 0 N–H and O–H groups in total. The first kappa shape index (κ1) is 18.6. The van der Waals surface area contributed by atoms with Gasteiger partial charge in [0.25, 0.3) is 0 Å². The van der Waals surface area contributed by atoms with Crippen LogP contribution in [0.4, 0.5) is 25.1 Å². The number of benzene rings is 2. The molecule has 1 heterocycles. The summed E-state index contributed by atoms with van der Waals surface area (Å²) in [7, 11) is -9.69. The van der Waals surface area contributed by atoms with E-state index in [2.05, 4.69) is 4.98 Å². The van der Waals surface area contributed by atoms with Gasteiger partial charge in [0.1, 0.15) is 0 Å². The summed E-state index contributed by atoms with van der Waals surface area (Å²) in [6.45, 7) is 0. The Bertz CT molecular complexity index is 986. The Morgan fingerprint density at radius 2 is 1.42 bits per heavy atom. The van der Waals surface area contributed by atoms with Crippen LogP contribution >= 0.6 is 10.2 Å². The minimum absolute atomic E-state index is 0.0753. The van der Waals surface area contributed by atoms with Gasteiger partial charge >= 0.3 is 150 Å². The molecule has 0 spiro atoms. The molecule has 0 saturated carbocycles. The fourth-order valence-electron chi connectivity index (χ4n) is 2.15. The average Bonchev–Trinajstić information content (AvgIpc) is 3.03. The Kier molecular flexibility index (Phi) is 3.84. The summed E-state index contributed by atoms with van der Waals surface area (Å²) in [5, 5.41) is 10.6. The molecular formula is C15H9F5N2O2SSe. The molecule has 11 heteroatoms. The third kappa shape index (κ3) is 3.95. The van der Waals surface area contributed by atoms with E-state index in [1.54, 1.807) is 4.94 Å². The second-order valence-corrected chi connectivity index (χ2v) is 9.54. The molecule has 0 unspecified atom stereocenters. The van der Waals surface area contributed by atoms with Gasteiger partial charge in [0.15, 0.2) is 0 Å². The molecule has 2 aromatic carbocycles. The minimum atomic E-state index is -9.69. The van der Waals surface area contributed by atoms with E-state index in [1.807, 2.05) is 0 Å². The fourth-order valence-corrected chi connectivity index (χ4v) is 4.55. The number of aromatic nitrogens is 1. The van der Waals surface area contributed by atoms with Crippen molar-refractivity contribution in [2.75, 3.05) is 0 Å². The Balaban J connectivity index is 1.90. The second kappa shape index (κ2) is 5.38. The zero-order chi connectivity index (χ0) is 19.2. The van der Waals surface area contributed by atoms with Crippen LogP contribution in [0, 0.1) is 10.1 Å². The summed E-state index contributed by atoms with van der Waals surface area (Å²) in [6, 6.07) is 8.34. The van der Waals surface area contributed by atoms with E-state index in [4.69, 9.17) is 0 Å². The van der Waals surface area contributed by atoms with Gasteiger partial charge in [-0.3, -0.25) is 0 Å². The number of hydrogen-bond acceptors (Lipinski definition) is 3. The first-order chi connectivity index (χ1) is 11.8. The van der Waals surface area contributed by atoms with Crippen molar-refractivity contribution in [2.24, 2.45) is 0 Å². The molecule has 0 aliphatic rings. The van der Waals surface area contributed by atoms with Gasteiger partial charge in [-0.1, -0.05) is 0 Å². The topological polar surface area (TPSA) is 56.0 Å². The van der Waals surface area contributed by atoms with Gasteiger partial charge in [-0.25, -0.2) is 0 Å². The molecular weight excluding hydrogens is 446 g/mol. The summed E-state index contributed by atoms with van der Waals surface area (Å²) in [6.07, 6.45) is 0. The fraction of sp³-hybridized carbons (Fsp3) is 0. The summed E-state index contributed by atoms with van der Waals surface area (Å²) in [4.78, 5) is 14.2. The van der Waals surface area contributed by atoms with Crippen molar-refractivity contribution >= 4 is 30.4 Å². The van der Waals surface area contributed by atoms with Crippen LogP contribution in [-0.2, 0) is 0 Å². The van der Waals surface area contributed by atoms with Gasteiger partial charge in [0.05, 0.1) is 0 Å². The molecule has 0 amide bonds. The molecule has 4 nitrogen and oxygen atoms in total. The second-order valence-electron chi connectivity index (χ2n) is 5.34. The molecule has 1 aromatic heterocycles. The zero-order valence-electron chi connectivity index (χ0n) is 12.6. The van der Waals surface area contributed by atoms with E-state index in [-0.39, 0.29) is 20.2 Å². The van der Waals surface area contributed by atoms with Crippen molar-refractivity contribution in [3.63, 3.8) is 0 Å². The van der Waals surface area contributed by atoms with Gasteiger partial charge < -0.3 is 0 Å². The molecule has 0 aliphatic heterocycles. The predicted octanol–water partition coefficient (Wildman–Crippen LogP) is 6.04. The van der Waals surface area contributed by atoms with E-state index in [9.17, 15) is 29.5 Å². The number of rotatable bonds is 4. The first-order valence-electron chi connectivity index (χ1n) is 6.88. The number of nitro benzene ring substituents is 1. The molecule has 3 rings (SSSR count). The molecule has 0 fully saturated rings. The van der Waals surface area contributed by atoms with Crippen LogP contribution in [0.15, 0.2) is 58.4 Å². The quantitative estimate of drug-likeness (QED) is 0.209. The van der Waals surface area contributed by atoms with Crippen LogP contribution in [0.2, 0.25) is 0 Å².